The third-order valence-corrected chi connectivity index (χ3v) is 8.51. The zero-order chi connectivity index (χ0) is 26.7. The van der Waals surface area contributed by atoms with Gasteiger partial charge in [0.25, 0.3) is 0 Å². The highest BCUT2D eigenvalue weighted by Crippen LogP contribution is 2.56. The maximum Gasteiger partial charge on any atom is 0.353 e. The van der Waals surface area contributed by atoms with Gasteiger partial charge in [-0.05, 0) is 69.0 Å². The quantitative estimate of drug-likeness (QED) is 0.460. The minimum Gasteiger partial charge on any atom is -0.497 e. The van der Waals surface area contributed by atoms with E-state index in [9.17, 15) is 14.7 Å². The van der Waals surface area contributed by atoms with Crippen LogP contribution in [0.5, 0.6) is 11.5 Å². The molecule has 0 radical (unpaired) electrons. The van der Waals surface area contributed by atoms with Gasteiger partial charge in [-0.1, -0.05) is 11.8 Å². The van der Waals surface area contributed by atoms with E-state index in [1.165, 1.54) is 0 Å². The van der Waals surface area contributed by atoms with Gasteiger partial charge in [-0.25, -0.2) is 4.79 Å². The number of nitrogens with zero attached hydrogens (tertiary/aromatic N) is 1. The van der Waals surface area contributed by atoms with Gasteiger partial charge in [0, 0.05) is 12.0 Å². The van der Waals surface area contributed by atoms with Crippen LogP contribution in [0.2, 0.25) is 0 Å². The van der Waals surface area contributed by atoms with Crippen molar-refractivity contribution in [3.63, 3.8) is 0 Å². The third kappa shape index (κ3) is 3.85. The van der Waals surface area contributed by atoms with E-state index in [2.05, 4.69) is 22.8 Å². The van der Waals surface area contributed by atoms with Gasteiger partial charge in [0.05, 0.1) is 38.0 Å². The van der Waals surface area contributed by atoms with Crippen molar-refractivity contribution in [3.05, 3.63) is 35.1 Å². The fourth-order valence-electron chi connectivity index (χ4n) is 6.51. The molecule has 0 bridgehead atoms. The Morgan fingerprint density at radius 3 is 2.74 bits per heavy atom. The first-order valence-corrected chi connectivity index (χ1v) is 13.2. The molecule has 4 atom stereocenters. The highest BCUT2D eigenvalue weighted by Gasteiger charge is 2.60. The number of hydrogen-bond donors (Lipinski definition) is 1. The molecule has 1 aromatic rings. The Balaban J connectivity index is 1.36. The lowest BCUT2D eigenvalue weighted by atomic mass is 9.77. The zero-order valence-corrected chi connectivity index (χ0v) is 22.0. The molecule has 4 aliphatic heterocycles. The summed E-state index contributed by atoms with van der Waals surface area (Å²) in [6, 6.07) is 4.08. The van der Waals surface area contributed by atoms with Crippen LogP contribution in [0.15, 0.2) is 24.0 Å². The second-order valence-corrected chi connectivity index (χ2v) is 11.5. The smallest absolute Gasteiger partial charge is 0.353 e. The first kappa shape index (κ1) is 25.1. The molecule has 1 aromatic carbocycles. The van der Waals surface area contributed by atoms with Crippen molar-refractivity contribution >= 4 is 11.9 Å². The van der Waals surface area contributed by atoms with Crippen LogP contribution in [-0.4, -0.2) is 72.8 Å². The maximum atomic E-state index is 13.7. The van der Waals surface area contributed by atoms with E-state index in [1.807, 2.05) is 12.1 Å². The number of carbonyl (C=O) groups is 2. The minimum absolute atomic E-state index is 0.00301. The van der Waals surface area contributed by atoms with Crippen molar-refractivity contribution in [1.29, 1.82) is 0 Å². The van der Waals surface area contributed by atoms with E-state index < -0.39 is 29.1 Å². The lowest BCUT2D eigenvalue weighted by molar-refractivity contribution is -0.210. The van der Waals surface area contributed by atoms with E-state index in [4.69, 9.17) is 23.7 Å². The first-order chi connectivity index (χ1) is 18.2. The van der Waals surface area contributed by atoms with Crippen LogP contribution in [0.1, 0.15) is 56.6 Å². The van der Waals surface area contributed by atoms with Crippen molar-refractivity contribution < 1.29 is 38.4 Å². The summed E-state index contributed by atoms with van der Waals surface area (Å²) in [6.07, 6.45) is 4.11. The number of methoxy groups -OCH3 is 1. The second-order valence-electron chi connectivity index (χ2n) is 11.5. The largest absolute Gasteiger partial charge is 0.497 e. The van der Waals surface area contributed by atoms with E-state index in [-0.39, 0.29) is 37.7 Å². The summed E-state index contributed by atoms with van der Waals surface area (Å²) in [5.41, 5.74) is -0.262. The van der Waals surface area contributed by atoms with Crippen LogP contribution in [0.25, 0.3) is 0 Å². The summed E-state index contributed by atoms with van der Waals surface area (Å²) in [5, 5.41) is 9.52. The Bertz CT molecular complexity index is 1270. The van der Waals surface area contributed by atoms with Crippen LogP contribution in [0.4, 0.5) is 0 Å². The number of aliphatic hydroxyl groups excluding tert-OH is 1. The number of ether oxygens (including phenoxy) is 5. The summed E-state index contributed by atoms with van der Waals surface area (Å²) >= 11 is 0. The Kier molecular flexibility index (Phi) is 5.89. The molecular weight excluding hydrogens is 490 g/mol. The molecule has 1 N–H and O–H groups in total. The summed E-state index contributed by atoms with van der Waals surface area (Å²) in [6.45, 7) is 5.47. The molecule has 1 spiro atoms. The highest BCUT2D eigenvalue weighted by atomic mass is 16.7. The van der Waals surface area contributed by atoms with Crippen LogP contribution >= 0.6 is 0 Å². The average molecular weight is 524 g/mol. The molecule has 0 aromatic heterocycles. The molecule has 0 saturated carbocycles. The predicted octanol–water partition coefficient (Wildman–Crippen LogP) is 2.44. The van der Waals surface area contributed by atoms with E-state index in [0.29, 0.717) is 11.5 Å². The summed E-state index contributed by atoms with van der Waals surface area (Å²) < 4.78 is 28.9. The SMILES string of the molecule is COC1=C[C@]23CCCN2CCc2cc4c(cc2[C@@H]3[C@@H]1OC(=O)[C@@]1(CC#CC(C)(C)CO)CC(=O)O1)OCO4. The lowest BCUT2D eigenvalue weighted by Gasteiger charge is -2.41. The number of esters is 2. The average Bonchev–Trinajstić information content (AvgIpc) is 3.56. The Morgan fingerprint density at radius 1 is 1.26 bits per heavy atom. The molecule has 4 heterocycles. The molecule has 6 rings (SSSR count). The van der Waals surface area contributed by atoms with Gasteiger partial charge in [-0.2, -0.15) is 0 Å². The fraction of sp³-hybridized carbons (Fsp3) is 0.586. The van der Waals surface area contributed by atoms with Crippen molar-refractivity contribution in [1.82, 2.24) is 4.90 Å². The van der Waals surface area contributed by atoms with Crippen LogP contribution in [0.3, 0.4) is 0 Å². The monoisotopic (exact) mass is 523 g/mol. The van der Waals surface area contributed by atoms with E-state index in [0.717, 1.165) is 49.2 Å². The van der Waals surface area contributed by atoms with Gasteiger partial charge in [0.15, 0.2) is 17.6 Å². The lowest BCUT2D eigenvalue weighted by Crippen LogP contribution is -2.56. The minimum atomic E-state index is -1.47. The number of carbonyl (C=O) groups excluding carboxylic acids is 2. The normalized spacial score (nSPS) is 30.9. The van der Waals surface area contributed by atoms with Crippen LogP contribution < -0.4 is 9.47 Å². The van der Waals surface area contributed by atoms with Crippen molar-refractivity contribution in [2.24, 2.45) is 5.41 Å². The number of cyclic esters (lactones) is 1. The summed E-state index contributed by atoms with van der Waals surface area (Å²) in [5.74, 6) is 6.61. The van der Waals surface area contributed by atoms with Gasteiger partial charge in [0.1, 0.15) is 5.76 Å². The van der Waals surface area contributed by atoms with Crippen LogP contribution in [0, 0.1) is 17.3 Å². The van der Waals surface area contributed by atoms with Crippen molar-refractivity contribution in [2.45, 2.75) is 69.1 Å². The molecule has 2 fully saturated rings. The van der Waals surface area contributed by atoms with Gasteiger partial charge < -0.3 is 28.8 Å². The molecule has 9 nitrogen and oxygen atoms in total. The number of fused-ring (bicyclic) bond motifs is 3. The molecular formula is C29H33NO8. The van der Waals surface area contributed by atoms with Gasteiger partial charge >= 0.3 is 11.9 Å². The molecule has 2 saturated heterocycles. The van der Waals surface area contributed by atoms with E-state index in [1.54, 1.807) is 21.0 Å². The molecule has 202 valence electrons. The third-order valence-electron chi connectivity index (χ3n) is 8.51. The molecule has 38 heavy (non-hydrogen) atoms. The first-order valence-electron chi connectivity index (χ1n) is 13.2. The van der Waals surface area contributed by atoms with Crippen molar-refractivity contribution in [2.75, 3.05) is 33.6 Å². The zero-order valence-electron chi connectivity index (χ0n) is 22.0. The number of hydrogen-bond acceptors (Lipinski definition) is 9. The van der Waals surface area contributed by atoms with Gasteiger partial charge in [-0.3, -0.25) is 9.69 Å². The number of aliphatic hydroxyl groups is 1. The molecule has 0 amide bonds. The molecule has 5 aliphatic rings. The summed E-state index contributed by atoms with van der Waals surface area (Å²) in [4.78, 5) is 28.1. The Hall–Kier alpha value is -3.22. The van der Waals surface area contributed by atoms with E-state index >= 15 is 0 Å². The Labute approximate surface area is 222 Å². The maximum absolute atomic E-state index is 13.7. The standard InChI is InChI=1S/C29H33NO8/c1-27(2,16-31)7-4-9-29(15-23(32)38-29)26(33)37-25-22(34-3)14-28-8-5-10-30(28)11-6-18-12-20-21(36-17-35-20)13-19(18)24(25)28/h12-14,24-25,31H,5-6,8-11,15-17H2,1-3H3/t24-,25-,28+,29-/m1/s1. The highest BCUT2D eigenvalue weighted by molar-refractivity contribution is 5.94. The predicted molar refractivity (Wildman–Crippen MR) is 134 cm³/mol. The van der Waals surface area contributed by atoms with Gasteiger partial charge in [0.2, 0.25) is 12.4 Å². The number of benzene rings is 1. The fourth-order valence-corrected chi connectivity index (χ4v) is 6.51. The number of rotatable bonds is 5. The molecule has 0 unspecified atom stereocenters. The molecule has 1 aliphatic carbocycles. The Morgan fingerprint density at radius 2 is 2.03 bits per heavy atom. The van der Waals surface area contributed by atoms with Crippen molar-refractivity contribution in [3.8, 4) is 23.3 Å². The van der Waals surface area contributed by atoms with Crippen LogP contribution in [-0.2, 0) is 30.2 Å². The molecule has 9 heteroatoms. The van der Waals surface area contributed by atoms with Gasteiger partial charge in [-0.15, -0.1) is 0 Å². The second kappa shape index (κ2) is 8.92. The topological polar surface area (TPSA) is 104 Å². The summed E-state index contributed by atoms with van der Waals surface area (Å²) in [7, 11) is 1.59.